The van der Waals surface area contributed by atoms with Gasteiger partial charge in [-0.05, 0) is 113 Å². The number of carbonyl (C=O) groups is 4. The van der Waals surface area contributed by atoms with E-state index in [1.54, 1.807) is 34.1 Å². The van der Waals surface area contributed by atoms with Crippen LogP contribution in [0.25, 0.3) is 10.8 Å². The topological polar surface area (TPSA) is 148 Å². The number of rotatable bonds is 8. The van der Waals surface area contributed by atoms with Crippen molar-refractivity contribution in [1.29, 1.82) is 0 Å². The molecule has 2 aliphatic carbocycles. The van der Waals surface area contributed by atoms with Gasteiger partial charge in [-0.15, -0.1) is 0 Å². The monoisotopic (exact) mass is 763 g/mol. The number of allylic oxidation sites excluding steroid dienone is 1. The molecule has 2 saturated carbocycles. The highest BCUT2D eigenvalue weighted by molar-refractivity contribution is 8.14. The predicted molar refractivity (Wildman–Crippen MR) is 211 cm³/mol. The maximum Gasteiger partial charge on any atom is 0.408 e. The summed E-state index contributed by atoms with van der Waals surface area (Å²) in [6.07, 6.45) is 10.4. The fraction of sp³-hybridized carbons (Fsp3) is 0.610. The highest BCUT2D eigenvalue weighted by atomic mass is 32.2. The summed E-state index contributed by atoms with van der Waals surface area (Å²) in [7, 11) is 1.23. The fourth-order valence-corrected chi connectivity index (χ4v) is 9.54. The number of aromatic nitrogens is 1. The van der Waals surface area contributed by atoms with Crippen molar-refractivity contribution in [2.75, 3.05) is 13.7 Å². The van der Waals surface area contributed by atoms with Crippen molar-refractivity contribution in [2.24, 2.45) is 17.8 Å². The first-order valence-corrected chi connectivity index (χ1v) is 20.8. The Morgan fingerprint density at radius 1 is 1.15 bits per heavy atom. The summed E-state index contributed by atoms with van der Waals surface area (Å²) < 4.78 is 20.8. The highest BCUT2D eigenvalue weighted by Crippen LogP contribution is 2.47. The van der Waals surface area contributed by atoms with Crippen molar-refractivity contribution in [3.05, 3.63) is 42.6 Å². The Kier molecular flexibility index (Phi) is 11.9. The molecule has 294 valence electrons. The molecule has 54 heavy (non-hydrogen) atoms. The van der Waals surface area contributed by atoms with E-state index in [0.717, 1.165) is 36.5 Å². The van der Waals surface area contributed by atoms with Crippen molar-refractivity contribution in [3.63, 3.8) is 0 Å². The lowest BCUT2D eigenvalue weighted by Gasteiger charge is -2.34. The van der Waals surface area contributed by atoms with Crippen LogP contribution in [0.3, 0.4) is 0 Å². The number of pyridine rings is 1. The Labute approximate surface area is 321 Å². The van der Waals surface area contributed by atoms with Gasteiger partial charge in [0.25, 0.3) is 5.91 Å². The molecule has 3 heterocycles. The van der Waals surface area contributed by atoms with E-state index < -0.39 is 41.3 Å². The average Bonchev–Trinajstić information content (AvgIpc) is 4.05. The van der Waals surface area contributed by atoms with Gasteiger partial charge in [-0.3, -0.25) is 14.4 Å². The quantitative estimate of drug-likeness (QED) is 0.218. The van der Waals surface area contributed by atoms with Gasteiger partial charge in [0.05, 0.1) is 13.7 Å². The second-order valence-corrected chi connectivity index (χ2v) is 18.4. The van der Waals surface area contributed by atoms with Gasteiger partial charge in [0.1, 0.15) is 35.1 Å². The van der Waals surface area contributed by atoms with Crippen LogP contribution >= 0.6 is 10.7 Å². The summed E-state index contributed by atoms with van der Waals surface area (Å²) >= 11 is 0. The second-order valence-electron chi connectivity index (χ2n) is 16.3. The van der Waals surface area contributed by atoms with Gasteiger partial charge in [0.2, 0.25) is 17.7 Å². The minimum atomic E-state index is -1.12. The first-order chi connectivity index (χ1) is 25.7. The van der Waals surface area contributed by atoms with Gasteiger partial charge in [-0.1, -0.05) is 43.1 Å². The lowest BCUT2D eigenvalue weighted by atomic mass is 9.85. The molecule has 3 N–H and O–H groups in total. The number of benzene rings is 1. The van der Waals surface area contributed by atoms with Crippen molar-refractivity contribution < 1.29 is 33.4 Å². The number of amides is 4. The summed E-state index contributed by atoms with van der Waals surface area (Å²) in [5, 5.41) is 10.2. The molecule has 13 heteroatoms. The third-order valence-electron chi connectivity index (χ3n) is 11.0. The van der Waals surface area contributed by atoms with Crippen molar-refractivity contribution in [1.82, 2.24) is 25.2 Å². The lowest BCUT2D eigenvalue weighted by molar-refractivity contribution is -0.142. The van der Waals surface area contributed by atoms with E-state index in [1.165, 1.54) is 4.90 Å². The zero-order chi connectivity index (χ0) is 38.8. The number of ether oxygens (including phenoxy) is 3. The van der Waals surface area contributed by atoms with Crippen LogP contribution in [-0.4, -0.2) is 87.3 Å². The molecular formula is C41H57N5O7S. The molecule has 3 fully saturated rings. The van der Waals surface area contributed by atoms with Gasteiger partial charge in [0, 0.05) is 29.2 Å². The van der Waals surface area contributed by atoms with E-state index in [0.29, 0.717) is 36.1 Å². The minimum absolute atomic E-state index is 0.0854. The number of nitrogens with one attached hydrogen (secondary N) is 3. The van der Waals surface area contributed by atoms with E-state index in [4.69, 9.17) is 14.2 Å². The molecule has 4 aliphatic rings. The Morgan fingerprint density at radius 3 is 2.61 bits per heavy atom. The molecule has 8 atom stereocenters. The second kappa shape index (κ2) is 16.3. The maximum absolute atomic E-state index is 14.9. The summed E-state index contributed by atoms with van der Waals surface area (Å²) in [6.45, 7) is 11.6. The average molecular weight is 764 g/mol. The molecule has 1 aromatic carbocycles. The number of alkyl carbamates (subject to hydrolysis) is 1. The first-order valence-electron chi connectivity index (χ1n) is 19.5. The van der Waals surface area contributed by atoms with Gasteiger partial charge in [0.15, 0.2) is 0 Å². The van der Waals surface area contributed by atoms with Gasteiger partial charge in [-0.25, -0.2) is 9.78 Å². The largest absolute Gasteiger partial charge is 0.497 e. The molecule has 1 unspecified atom stereocenters. The van der Waals surface area contributed by atoms with Gasteiger partial charge in [-0.2, -0.15) is 0 Å². The molecule has 2 aromatic rings. The Hall–Kier alpha value is -4.13. The van der Waals surface area contributed by atoms with Crippen molar-refractivity contribution in [2.45, 2.75) is 127 Å². The zero-order valence-corrected chi connectivity index (χ0v) is 33.5. The standard InChI is InChI=1S/C41H57N5O7S/c1-8-26-20-25(3)12-10-11-13-28-23-41(28,38(49)45-54(9-2)31-15-16-31)44-35(47)33-22-30(24-46(33)37(48)34(26)43-39(50)53-40(4,5)6)52-36-32-17-14-29(51-7)21-27(32)18-19-42-36/h9,11,13-14,17-19,21,25-26,28,30-31,33-34H,8,10,12,15-16,20,22-24H2,1-7H3,(H,43,50)(H,44,47)(H,45,49)/b13-11-/t25-,26-,28-,30-,33+,34+,41-,54?/m1/s1. The van der Waals surface area contributed by atoms with E-state index in [9.17, 15) is 19.2 Å². The normalized spacial score (nSPS) is 30.2. The number of nitrogens with zero attached hydrogens (tertiary/aromatic N) is 2. The summed E-state index contributed by atoms with van der Waals surface area (Å²) in [5.74, 6) is -0.0477. The predicted octanol–water partition coefficient (Wildman–Crippen LogP) is 6.05. The minimum Gasteiger partial charge on any atom is -0.497 e. The van der Waals surface area contributed by atoms with Crippen LogP contribution in [-0.2, 0) is 19.1 Å². The number of hydrogen-bond donors (Lipinski definition) is 3. The molecule has 1 aromatic heterocycles. The Bertz CT molecular complexity index is 1810. The molecular weight excluding hydrogens is 707 g/mol. The highest BCUT2D eigenvalue weighted by Gasteiger charge is 2.61. The number of carbonyl (C=O) groups excluding carboxylic acids is 4. The van der Waals surface area contributed by atoms with Crippen LogP contribution in [0, 0.1) is 17.8 Å². The molecule has 12 nitrogen and oxygen atoms in total. The van der Waals surface area contributed by atoms with Gasteiger partial charge < -0.3 is 34.5 Å². The summed E-state index contributed by atoms with van der Waals surface area (Å²) in [4.78, 5) is 63.0. The number of hydrogen-bond acceptors (Lipinski definition) is 8. The van der Waals surface area contributed by atoms with Crippen molar-refractivity contribution in [3.8, 4) is 11.6 Å². The van der Waals surface area contributed by atoms with E-state index in [2.05, 4.69) is 39.4 Å². The Morgan fingerprint density at radius 2 is 1.93 bits per heavy atom. The van der Waals surface area contributed by atoms with Crippen LogP contribution in [0.1, 0.15) is 92.9 Å². The van der Waals surface area contributed by atoms with Crippen LogP contribution in [0.4, 0.5) is 4.79 Å². The van der Waals surface area contributed by atoms with E-state index in [1.807, 2.05) is 43.5 Å². The maximum atomic E-state index is 14.9. The Balaban J connectivity index is 1.35. The van der Waals surface area contributed by atoms with Gasteiger partial charge >= 0.3 is 6.09 Å². The molecule has 2 aliphatic heterocycles. The first kappa shape index (κ1) is 39.6. The summed E-state index contributed by atoms with van der Waals surface area (Å²) in [6, 6.07) is 5.57. The zero-order valence-electron chi connectivity index (χ0n) is 32.7. The molecule has 0 spiro atoms. The van der Waals surface area contributed by atoms with Crippen LogP contribution in [0.5, 0.6) is 11.6 Å². The fourth-order valence-electron chi connectivity index (χ4n) is 7.83. The summed E-state index contributed by atoms with van der Waals surface area (Å²) in [5.41, 5.74) is -1.89. The number of methoxy groups -OCH3 is 1. The third kappa shape index (κ3) is 9.04. The van der Waals surface area contributed by atoms with Crippen LogP contribution < -0.4 is 24.8 Å². The van der Waals surface area contributed by atoms with E-state index in [-0.39, 0.29) is 53.2 Å². The molecule has 4 amide bonds. The lowest BCUT2D eigenvalue weighted by Crippen LogP contribution is -2.59. The van der Waals surface area contributed by atoms with Crippen LogP contribution in [0.2, 0.25) is 0 Å². The molecule has 0 radical (unpaired) electrons. The molecule has 0 bridgehead atoms. The van der Waals surface area contributed by atoms with Crippen LogP contribution in [0.15, 0.2) is 42.6 Å². The smallest absolute Gasteiger partial charge is 0.408 e. The van der Waals surface area contributed by atoms with E-state index >= 15 is 0 Å². The third-order valence-corrected chi connectivity index (χ3v) is 13.1. The molecule has 1 saturated heterocycles. The number of fused-ring (bicyclic) bond motifs is 3. The van der Waals surface area contributed by atoms with Crippen molar-refractivity contribution >= 4 is 50.6 Å². The SMILES string of the molecule is C/C=S(/NC(=O)[C@@]12C[C@H]1/C=C\CC[C@@H](C)C[C@@H](CC)[C@H](NC(=O)OC(C)(C)C)C(=O)N1C[C@H](Oc3nccc4cc(OC)ccc34)C[C@H]1C(=O)N2)C1CC1. The molecule has 6 rings (SSSR count).